The van der Waals surface area contributed by atoms with Crippen molar-refractivity contribution in [2.75, 3.05) is 5.32 Å². The first-order chi connectivity index (χ1) is 16.7. The quantitative estimate of drug-likeness (QED) is 0.348. The van der Waals surface area contributed by atoms with Crippen LogP contribution < -0.4 is 11.1 Å². The van der Waals surface area contributed by atoms with Gasteiger partial charge in [0.1, 0.15) is 6.61 Å². The van der Waals surface area contributed by atoms with Crippen LogP contribution in [0.3, 0.4) is 0 Å². The summed E-state index contributed by atoms with van der Waals surface area (Å²) >= 11 is 0. The molecular formula is C24H22FN5O5. The third kappa shape index (κ3) is 4.75. The number of aliphatic hydroxyl groups excluding tert-OH is 1. The van der Waals surface area contributed by atoms with Gasteiger partial charge in [-0.1, -0.05) is 0 Å². The number of anilines is 1. The predicted molar refractivity (Wildman–Crippen MR) is 124 cm³/mol. The van der Waals surface area contributed by atoms with Crippen molar-refractivity contribution >= 4 is 29.0 Å². The molecule has 3 heterocycles. The number of hydrogen-bond donors (Lipinski definition) is 3. The van der Waals surface area contributed by atoms with Gasteiger partial charge in [0, 0.05) is 37.5 Å². The molecule has 4 rings (SSSR count). The number of aromatic nitrogens is 3. The first-order valence-corrected chi connectivity index (χ1v) is 10.5. The lowest BCUT2D eigenvalue weighted by Crippen LogP contribution is -2.14. The molecule has 1 aromatic carbocycles. The Morgan fingerprint density at radius 2 is 1.97 bits per heavy atom. The standard InChI is InChI=1S/C24H22FN5O5/c1-13(32)20-8-18(21-7-14(3-4-30(20)21)12-35-24(26)34)23(33)28-19-6-15(11-31)5-17(22(19)25)16-9-27-29(2)10-16/h3-10,31H,11-12H2,1-2H3,(H2,26,34)(H,28,33). The van der Waals surface area contributed by atoms with E-state index in [0.29, 0.717) is 22.2 Å². The molecular weight excluding hydrogens is 457 g/mol. The molecule has 4 N–H and O–H groups in total. The van der Waals surface area contributed by atoms with Crippen LogP contribution in [0.25, 0.3) is 16.6 Å². The maximum atomic E-state index is 15.4. The van der Waals surface area contributed by atoms with E-state index in [1.807, 2.05) is 0 Å². The van der Waals surface area contributed by atoms with Crippen molar-refractivity contribution in [1.29, 1.82) is 0 Å². The van der Waals surface area contributed by atoms with Crippen LogP contribution in [0.5, 0.6) is 0 Å². The molecule has 0 bridgehead atoms. The fourth-order valence-corrected chi connectivity index (χ4v) is 3.77. The molecule has 0 saturated heterocycles. The Morgan fingerprint density at radius 1 is 1.20 bits per heavy atom. The second-order valence-corrected chi connectivity index (χ2v) is 7.92. The number of ketones is 1. The average molecular weight is 479 g/mol. The minimum absolute atomic E-state index is 0.104. The number of fused-ring (bicyclic) bond motifs is 1. The molecule has 0 fully saturated rings. The summed E-state index contributed by atoms with van der Waals surface area (Å²) in [5, 5.41) is 16.3. The summed E-state index contributed by atoms with van der Waals surface area (Å²) in [6.07, 6.45) is 3.70. The lowest BCUT2D eigenvalue weighted by molar-refractivity contribution is 0.101. The Morgan fingerprint density at radius 3 is 2.60 bits per heavy atom. The smallest absolute Gasteiger partial charge is 0.404 e. The van der Waals surface area contributed by atoms with E-state index in [2.05, 4.69) is 10.4 Å². The van der Waals surface area contributed by atoms with Crippen LogP contribution >= 0.6 is 0 Å². The van der Waals surface area contributed by atoms with Crippen molar-refractivity contribution in [3.05, 3.63) is 77.1 Å². The van der Waals surface area contributed by atoms with E-state index >= 15 is 4.39 Å². The number of nitrogens with two attached hydrogens (primary N) is 1. The summed E-state index contributed by atoms with van der Waals surface area (Å²) in [6, 6.07) is 7.42. The lowest BCUT2D eigenvalue weighted by Gasteiger charge is -2.12. The zero-order chi connectivity index (χ0) is 25.3. The molecule has 3 aromatic heterocycles. The van der Waals surface area contributed by atoms with Crippen LogP contribution in [0.2, 0.25) is 0 Å². The van der Waals surface area contributed by atoms with Gasteiger partial charge in [-0.3, -0.25) is 14.3 Å². The molecule has 0 spiro atoms. The first kappa shape index (κ1) is 23.6. The van der Waals surface area contributed by atoms with Crippen LogP contribution in [-0.4, -0.2) is 37.1 Å². The second kappa shape index (κ2) is 9.39. The number of ether oxygens (including phenoxy) is 1. The molecule has 0 aliphatic heterocycles. The van der Waals surface area contributed by atoms with Gasteiger partial charge in [-0.15, -0.1) is 0 Å². The summed E-state index contributed by atoms with van der Waals surface area (Å²) in [5.74, 6) is -1.66. The molecule has 11 heteroatoms. The number of pyridine rings is 1. The number of primary amides is 1. The van der Waals surface area contributed by atoms with Gasteiger partial charge in [0.25, 0.3) is 5.91 Å². The first-order valence-electron chi connectivity index (χ1n) is 10.5. The summed E-state index contributed by atoms with van der Waals surface area (Å²) in [5.41, 5.74) is 7.14. The normalized spacial score (nSPS) is 11.0. The molecule has 0 unspecified atom stereocenters. The largest absolute Gasteiger partial charge is 0.445 e. The van der Waals surface area contributed by atoms with E-state index in [0.717, 1.165) is 0 Å². The Kier molecular flexibility index (Phi) is 6.34. The van der Waals surface area contributed by atoms with E-state index in [9.17, 15) is 19.5 Å². The predicted octanol–water partition coefficient (Wildman–Crippen LogP) is 3.02. The van der Waals surface area contributed by atoms with Crippen LogP contribution in [-0.2, 0) is 25.0 Å². The Labute approximate surface area is 198 Å². The Hall–Kier alpha value is -4.51. The number of aryl methyl sites for hydroxylation is 1. The number of halogens is 1. The summed E-state index contributed by atoms with van der Waals surface area (Å²) in [4.78, 5) is 36.4. The van der Waals surface area contributed by atoms with Crippen molar-refractivity contribution in [2.45, 2.75) is 20.1 Å². The molecule has 180 valence electrons. The third-order valence-corrected chi connectivity index (χ3v) is 5.40. The van der Waals surface area contributed by atoms with E-state index in [1.54, 1.807) is 31.6 Å². The van der Waals surface area contributed by atoms with Crippen LogP contribution in [0.4, 0.5) is 14.9 Å². The number of amides is 2. The number of carbonyl (C=O) groups is 3. The van der Waals surface area contributed by atoms with E-state index in [1.165, 1.54) is 40.4 Å². The van der Waals surface area contributed by atoms with Gasteiger partial charge in [0.15, 0.2) is 11.6 Å². The molecule has 4 aromatic rings. The highest BCUT2D eigenvalue weighted by molar-refractivity contribution is 6.11. The van der Waals surface area contributed by atoms with Gasteiger partial charge in [-0.25, -0.2) is 9.18 Å². The SMILES string of the molecule is CC(=O)c1cc(C(=O)Nc2cc(CO)cc(-c3cnn(C)c3)c2F)c2cc(COC(N)=O)ccn12. The highest BCUT2D eigenvalue weighted by Crippen LogP contribution is 2.30. The van der Waals surface area contributed by atoms with Gasteiger partial charge < -0.3 is 25.3 Å². The average Bonchev–Trinajstić information content (AvgIpc) is 3.42. The summed E-state index contributed by atoms with van der Waals surface area (Å²) in [6.45, 7) is 0.858. The fourth-order valence-electron chi connectivity index (χ4n) is 3.77. The van der Waals surface area contributed by atoms with Gasteiger partial charge in [-0.05, 0) is 41.5 Å². The van der Waals surface area contributed by atoms with E-state index in [-0.39, 0.29) is 41.5 Å². The van der Waals surface area contributed by atoms with Gasteiger partial charge in [-0.2, -0.15) is 5.10 Å². The minimum Gasteiger partial charge on any atom is -0.445 e. The molecule has 0 radical (unpaired) electrons. The van der Waals surface area contributed by atoms with Crippen LogP contribution in [0, 0.1) is 5.82 Å². The molecule has 2 amide bonds. The van der Waals surface area contributed by atoms with E-state index in [4.69, 9.17) is 10.5 Å². The van der Waals surface area contributed by atoms with Crippen molar-refractivity contribution in [2.24, 2.45) is 12.8 Å². The number of nitrogens with one attached hydrogen (secondary N) is 1. The number of benzene rings is 1. The lowest BCUT2D eigenvalue weighted by atomic mass is 10.0. The zero-order valence-corrected chi connectivity index (χ0v) is 18.9. The third-order valence-electron chi connectivity index (χ3n) is 5.40. The zero-order valence-electron chi connectivity index (χ0n) is 18.9. The fraction of sp³-hybridized carbons (Fsp3) is 0.167. The number of hydrogen-bond acceptors (Lipinski definition) is 6. The van der Waals surface area contributed by atoms with Crippen LogP contribution in [0.1, 0.15) is 38.9 Å². The minimum atomic E-state index is -0.952. The maximum absolute atomic E-state index is 15.4. The Bertz CT molecular complexity index is 1470. The monoisotopic (exact) mass is 479 g/mol. The molecule has 0 saturated carbocycles. The number of nitrogens with zero attached hydrogens (tertiary/aromatic N) is 3. The molecule has 0 atom stereocenters. The number of rotatable bonds is 7. The summed E-state index contributed by atoms with van der Waals surface area (Å²) < 4.78 is 23.2. The second-order valence-electron chi connectivity index (χ2n) is 7.92. The van der Waals surface area contributed by atoms with Crippen LogP contribution in [0.15, 0.2) is 48.9 Å². The molecule has 10 nitrogen and oxygen atoms in total. The molecule has 0 aliphatic carbocycles. The molecule has 35 heavy (non-hydrogen) atoms. The van der Waals surface area contributed by atoms with E-state index < -0.39 is 17.8 Å². The molecule has 0 aliphatic rings. The Balaban J connectivity index is 1.76. The highest BCUT2D eigenvalue weighted by atomic mass is 19.1. The van der Waals surface area contributed by atoms with Crippen molar-refractivity contribution in [3.8, 4) is 11.1 Å². The van der Waals surface area contributed by atoms with Crippen molar-refractivity contribution < 1.29 is 28.6 Å². The number of carbonyl (C=O) groups excluding carboxylic acids is 3. The van der Waals surface area contributed by atoms with Gasteiger partial charge >= 0.3 is 6.09 Å². The van der Waals surface area contributed by atoms with Crippen molar-refractivity contribution in [1.82, 2.24) is 14.2 Å². The maximum Gasteiger partial charge on any atom is 0.404 e. The summed E-state index contributed by atoms with van der Waals surface area (Å²) in [7, 11) is 1.69. The highest BCUT2D eigenvalue weighted by Gasteiger charge is 2.21. The number of aliphatic hydroxyl groups is 1. The van der Waals surface area contributed by atoms with Gasteiger partial charge in [0.05, 0.1) is 35.3 Å². The topological polar surface area (TPSA) is 141 Å². The number of Topliss-reactive ketones (excluding diaryl/α,β-unsaturated/α-hetero) is 1. The van der Waals surface area contributed by atoms with Gasteiger partial charge in [0.2, 0.25) is 0 Å². The van der Waals surface area contributed by atoms with Crippen molar-refractivity contribution in [3.63, 3.8) is 0 Å².